The lowest BCUT2D eigenvalue weighted by molar-refractivity contribution is -0.858. The predicted molar refractivity (Wildman–Crippen MR) is 113 cm³/mol. The first-order valence-electron chi connectivity index (χ1n) is 10.3. The van der Waals surface area contributed by atoms with E-state index in [-0.39, 0.29) is 11.3 Å². The largest absolute Gasteiger partial charge is 0.507 e. The minimum absolute atomic E-state index is 0.0741. The second-order valence-corrected chi connectivity index (χ2v) is 7.94. The molecule has 1 aromatic heterocycles. The highest BCUT2D eigenvalue weighted by Crippen LogP contribution is 2.40. The van der Waals surface area contributed by atoms with Gasteiger partial charge < -0.3 is 24.4 Å². The van der Waals surface area contributed by atoms with Crippen molar-refractivity contribution in [1.29, 1.82) is 0 Å². The van der Waals surface area contributed by atoms with E-state index >= 15 is 0 Å². The van der Waals surface area contributed by atoms with Crippen LogP contribution in [0.4, 0.5) is 0 Å². The average molecular weight is 424 g/mol. The number of rotatable bonds is 6. The Kier molecular flexibility index (Phi) is 5.90. The number of Topliss-reactive ketones (excluding diaryl/α,β-unsaturated/α-hetero) is 1. The Balaban J connectivity index is 1.76. The van der Waals surface area contributed by atoms with E-state index in [9.17, 15) is 14.7 Å². The van der Waals surface area contributed by atoms with Gasteiger partial charge in [0.1, 0.15) is 19.0 Å². The van der Waals surface area contributed by atoms with Gasteiger partial charge in [-0.15, -0.1) is 0 Å². The zero-order chi connectivity index (χ0) is 22.0. The number of hydrogen-bond donors (Lipinski definition) is 2. The summed E-state index contributed by atoms with van der Waals surface area (Å²) in [5.41, 5.74) is 1.20. The molecule has 4 rings (SSSR count). The molecule has 31 heavy (non-hydrogen) atoms. The number of ketones is 1. The first-order valence-corrected chi connectivity index (χ1v) is 10.3. The second-order valence-electron chi connectivity index (χ2n) is 7.94. The number of likely N-dealkylation sites (tertiary alicyclic amines) is 1. The molecule has 0 spiro atoms. The van der Waals surface area contributed by atoms with Gasteiger partial charge in [0.15, 0.2) is 11.5 Å². The minimum Gasteiger partial charge on any atom is -0.507 e. The summed E-state index contributed by atoms with van der Waals surface area (Å²) in [7, 11) is 4.08. The fourth-order valence-electron chi connectivity index (χ4n) is 3.95. The van der Waals surface area contributed by atoms with Gasteiger partial charge in [0.25, 0.3) is 11.7 Å². The summed E-state index contributed by atoms with van der Waals surface area (Å²) in [6.45, 7) is 2.14. The molecule has 8 nitrogen and oxygen atoms in total. The Hall–Kier alpha value is -3.39. The molecule has 1 aromatic carbocycles. The standard InChI is InChI=1S/C23H25N3O5/c1-25(2)10-3-11-26-20(15-6-8-24-9-7-15)19(22(28)23(26)29)21(27)16-4-5-17-18(14-16)31-13-12-30-17/h4-9,14,20,27H,3,10-13H2,1-2H3/p+1/t20-/m1/s1. The lowest BCUT2D eigenvalue weighted by Gasteiger charge is -2.25. The molecule has 3 heterocycles. The quantitative estimate of drug-likeness (QED) is 0.405. The highest BCUT2D eigenvalue weighted by molar-refractivity contribution is 6.46. The summed E-state index contributed by atoms with van der Waals surface area (Å²) in [4.78, 5) is 32.8. The van der Waals surface area contributed by atoms with Crippen LogP contribution in [0.2, 0.25) is 0 Å². The molecule has 2 aliphatic heterocycles. The van der Waals surface area contributed by atoms with Crippen LogP contribution >= 0.6 is 0 Å². The van der Waals surface area contributed by atoms with Crippen LogP contribution < -0.4 is 14.4 Å². The molecular formula is C23H26N3O5+. The molecule has 2 N–H and O–H groups in total. The number of hydrogen-bond acceptors (Lipinski definition) is 6. The molecule has 1 saturated heterocycles. The summed E-state index contributed by atoms with van der Waals surface area (Å²) in [6, 6.07) is 7.84. The molecule has 0 unspecified atom stereocenters. The van der Waals surface area contributed by atoms with Gasteiger partial charge in [0.2, 0.25) is 0 Å². The second kappa shape index (κ2) is 8.77. The Bertz CT molecular complexity index is 1020. The van der Waals surface area contributed by atoms with Crippen molar-refractivity contribution < 1.29 is 29.1 Å². The first kappa shape index (κ1) is 20.9. The first-order chi connectivity index (χ1) is 15.0. The SMILES string of the molecule is C[NH+](C)CCCN1C(=O)C(=O)C(=C(O)c2ccc3c(c2)OCCO3)[C@H]1c1ccncc1. The molecule has 162 valence electrons. The highest BCUT2D eigenvalue weighted by Gasteiger charge is 2.45. The fourth-order valence-corrected chi connectivity index (χ4v) is 3.95. The fraction of sp³-hybridized carbons (Fsp3) is 0.348. The van der Waals surface area contributed by atoms with Gasteiger partial charge in [-0.1, -0.05) is 0 Å². The molecule has 0 aliphatic carbocycles. The van der Waals surface area contributed by atoms with E-state index in [1.807, 2.05) is 14.1 Å². The highest BCUT2D eigenvalue weighted by atomic mass is 16.6. The third-order valence-electron chi connectivity index (χ3n) is 5.45. The Morgan fingerprint density at radius 1 is 1.13 bits per heavy atom. The van der Waals surface area contributed by atoms with Crippen molar-refractivity contribution in [1.82, 2.24) is 9.88 Å². The number of carbonyl (C=O) groups excluding carboxylic acids is 2. The Morgan fingerprint density at radius 3 is 2.55 bits per heavy atom. The zero-order valence-corrected chi connectivity index (χ0v) is 17.6. The summed E-state index contributed by atoms with van der Waals surface area (Å²) in [5.74, 6) is -0.432. The van der Waals surface area contributed by atoms with Crippen molar-refractivity contribution in [2.75, 3.05) is 40.4 Å². The Morgan fingerprint density at radius 2 is 1.84 bits per heavy atom. The molecule has 0 saturated carbocycles. The number of ether oxygens (including phenoxy) is 2. The topological polar surface area (TPSA) is 93.4 Å². The Labute approximate surface area is 180 Å². The summed E-state index contributed by atoms with van der Waals surface area (Å²) in [6.07, 6.45) is 3.97. The van der Waals surface area contributed by atoms with Gasteiger partial charge in [-0.05, 0) is 35.9 Å². The minimum atomic E-state index is -0.689. The summed E-state index contributed by atoms with van der Waals surface area (Å²) in [5, 5.41) is 11.1. The van der Waals surface area contributed by atoms with Gasteiger partial charge in [-0.3, -0.25) is 14.6 Å². The molecule has 1 amide bonds. The molecule has 1 atom stereocenters. The molecule has 0 bridgehead atoms. The molecule has 0 radical (unpaired) electrons. The van der Waals surface area contributed by atoms with E-state index in [0.29, 0.717) is 36.8 Å². The number of amides is 1. The third-order valence-corrected chi connectivity index (χ3v) is 5.45. The number of aliphatic hydroxyl groups is 1. The van der Waals surface area contributed by atoms with Crippen LogP contribution in [0.3, 0.4) is 0 Å². The van der Waals surface area contributed by atoms with E-state index in [0.717, 1.165) is 18.5 Å². The number of aromatic nitrogens is 1. The zero-order valence-electron chi connectivity index (χ0n) is 17.6. The maximum absolute atomic E-state index is 13.0. The number of nitrogens with one attached hydrogen (secondary N) is 1. The van der Waals surface area contributed by atoms with E-state index in [1.54, 1.807) is 47.6 Å². The van der Waals surface area contributed by atoms with E-state index in [1.165, 1.54) is 4.90 Å². The molecule has 2 aliphatic rings. The number of aliphatic hydroxyl groups excluding tert-OH is 1. The molecular weight excluding hydrogens is 398 g/mol. The lowest BCUT2D eigenvalue weighted by Crippen LogP contribution is -3.05. The van der Waals surface area contributed by atoms with Crippen molar-refractivity contribution in [3.8, 4) is 11.5 Å². The number of quaternary nitrogens is 1. The average Bonchev–Trinajstić information content (AvgIpc) is 3.03. The van der Waals surface area contributed by atoms with Crippen molar-refractivity contribution in [3.05, 3.63) is 59.4 Å². The van der Waals surface area contributed by atoms with Crippen LogP contribution in [0.1, 0.15) is 23.6 Å². The smallest absolute Gasteiger partial charge is 0.295 e. The van der Waals surface area contributed by atoms with E-state index in [2.05, 4.69) is 4.98 Å². The van der Waals surface area contributed by atoms with Crippen LogP contribution in [-0.2, 0) is 9.59 Å². The molecule has 8 heteroatoms. The van der Waals surface area contributed by atoms with Crippen molar-refractivity contribution in [2.45, 2.75) is 12.5 Å². The van der Waals surface area contributed by atoms with Crippen LogP contribution in [0.5, 0.6) is 11.5 Å². The number of pyridine rings is 1. The van der Waals surface area contributed by atoms with Gasteiger partial charge in [-0.25, -0.2) is 0 Å². The van der Waals surface area contributed by atoms with Gasteiger partial charge >= 0.3 is 0 Å². The van der Waals surface area contributed by atoms with E-state index in [4.69, 9.17) is 9.47 Å². The van der Waals surface area contributed by atoms with E-state index < -0.39 is 17.7 Å². The molecule has 2 aromatic rings. The number of carbonyl (C=O) groups is 2. The van der Waals surface area contributed by atoms with Crippen molar-refractivity contribution in [3.63, 3.8) is 0 Å². The summed E-state index contributed by atoms with van der Waals surface area (Å²) < 4.78 is 11.1. The number of nitrogens with zero attached hydrogens (tertiary/aromatic N) is 2. The monoisotopic (exact) mass is 424 g/mol. The third kappa shape index (κ3) is 4.11. The maximum atomic E-state index is 13.0. The summed E-state index contributed by atoms with van der Waals surface area (Å²) >= 11 is 0. The number of benzene rings is 1. The van der Waals surface area contributed by atoms with Gasteiger partial charge in [0, 0.05) is 30.9 Å². The van der Waals surface area contributed by atoms with Crippen molar-refractivity contribution >= 4 is 17.4 Å². The van der Waals surface area contributed by atoms with Crippen LogP contribution in [0.15, 0.2) is 48.3 Å². The van der Waals surface area contributed by atoms with Gasteiger partial charge in [0.05, 0.1) is 32.3 Å². The molecule has 1 fully saturated rings. The van der Waals surface area contributed by atoms with Crippen molar-refractivity contribution in [2.24, 2.45) is 0 Å². The normalized spacial score (nSPS) is 19.8. The van der Waals surface area contributed by atoms with Crippen LogP contribution in [0, 0.1) is 0 Å². The van der Waals surface area contributed by atoms with Crippen LogP contribution in [0.25, 0.3) is 5.76 Å². The van der Waals surface area contributed by atoms with Gasteiger partial charge in [-0.2, -0.15) is 0 Å². The lowest BCUT2D eigenvalue weighted by atomic mass is 9.95. The van der Waals surface area contributed by atoms with Crippen LogP contribution in [-0.4, -0.2) is 67.1 Å². The maximum Gasteiger partial charge on any atom is 0.295 e. The predicted octanol–water partition coefficient (Wildman–Crippen LogP) is 0.809. The number of fused-ring (bicyclic) bond motifs is 1.